The minimum absolute atomic E-state index is 0.0118. The van der Waals surface area contributed by atoms with Crippen LogP contribution in [0.5, 0.6) is 0 Å². The molecule has 0 bridgehead atoms. The summed E-state index contributed by atoms with van der Waals surface area (Å²) in [5, 5.41) is 31.2. The molecule has 2 N–H and O–H groups in total. The monoisotopic (exact) mass is 759 g/mol. The number of carboxylic acids is 1. The van der Waals surface area contributed by atoms with E-state index in [0.717, 1.165) is 56.1 Å². The predicted molar refractivity (Wildman–Crippen MR) is 207 cm³/mol. The summed E-state index contributed by atoms with van der Waals surface area (Å²) in [5.74, 6) is 0.230. The van der Waals surface area contributed by atoms with E-state index in [2.05, 4.69) is 58.7 Å². The molecule has 0 aliphatic heterocycles. The van der Waals surface area contributed by atoms with E-state index in [-0.39, 0.29) is 64.0 Å². The zero-order chi connectivity index (χ0) is 40.3. The Morgan fingerprint density at radius 1 is 0.945 bits per heavy atom. The zero-order valence-electron chi connectivity index (χ0n) is 34.6. The number of aliphatic hydroxyl groups excluding tert-OH is 1. The molecule has 0 amide bonds. The molecular formula is C45H62FN3O6. The molecule has 2 aromatic rings. The van der Waals surface area contributed by atoms with Crippen LogP contribution in [0.3, 0.4) is 0 Å². The van der Waals surface area contributed by atoms with Gasteiger partial charge in [0.25, 0.3) is 0 Å². The number of hydrogen-bond acceptors (Lipinski definition) is 7. The van der Waals surface area contributed by atoms with Gasteiger partial charge in [-0.15, -0.1) is 10.2 Å². The van der Waals surface area contributed by atoms with Crippen LogP contribution in [-0.2, 0) is 26.2 Å². The van der Waals surface area contributed by atoms with E-state index >= 15 is 0 Å². The van der Waals surface area contributed by atoms with E-state index in [0.29, 0.717) is 35.5 Å². The molecule has 4 fully saturated rings. The lowest BCUT2D eigenvalue weighted by atomic mass is 9.33. The number of benzene rings is 1. The van der Waals surface area contributed by atoms with Gasteiger partial charge in [0.15, 0.2) is 17.4 Å². The summed E-state index contributed by atoms with van der Waals surface area (Å²) in [6.07, 6.45) is 6.03. The van der Waals surface area contributed by atoms with Gasteiger partial charge in [-0.3, -0.25) is 14.4 Å². The van der Waals surface area contributed by atoms with Crippen LogP contribution in [0.1, 0.15) is 138 Å². The van der Waals surface area contributed by atoms with Crippen molar-refractivity contribution >= 4 is 17.7 Å². The number of ketones is 1. The summed E-state index contributed by atoms with van der Waals surface area (Å²) in [7, 11) is 1.84. The molecule has 55 heavy (non-hydrogen) atoms. The van der Waals surface area contributed by atoms with Gasteiger partial charge in [0, 0.05) is 29.9 Å². The van der Waals surface area contributed by atoms with Crippen molar-refractivity contribution in [3.63, 3.8) is 0 Å². The average Bonchev–Trinajstić information content (AvgIpc) is 3.63. The Morgan fingerprint density at radius 3 is 2.25 bits per heavy atom. The Bertz CT molecular complexity index is 1930. The third-order valence-electron chi connectivity index (χ3n) is 16.6. The number of carbonyl (C=O) groups excluding carboxylic acids is 2. The maximum absolute atomic E-state index is 14.2. The van der Waals surface area contributed by atoms with E-state index in [4.69, 9.17) is 4.74 Å². The van der Waals surface area contributed by atoms with E-state index in [9.17, 15) is 29.0 Å². The number of rotatable bonds is 8. The van der Waals surface area contributed by atoms with Gasteiger partial charge in [-0.1, -0.05) is 48.5 Å². The molecule has 0 radical (unpaired) electrons. The van der Waals surface area contributed by atoms with Gasteiger partial charge in [0.2, 0.25) is 0 Å². The lowest BCUT2D eigenvalue weighted by Crippen LogP contribution is -2.66. The number of aliphatic carboxylic acids is 1. The number of hydrogen-bond donors (Lipinski definition) is 2. The molecule has 0 spiro atoms. The quantitative estimate of drug-likeness (QED) is 0.255. The summed E-state index contributed by atoms with van der Waals surface area (Å²) in [6.45, 7) is 19.3. The predicted octanol–water partition coefficient (Wildman–Crippen LogP) is 9.05. The molecule has 0 saturated heterocycles. The highest BCUT2D eigenvalue weighted by Gasteiger charge is 2.71. The Kier molecular flexibility index (Phi) is 9.46. The average molecular weight is 760 g/mol. The summed E-state index contributed by atoms with van der Waals surface area (Å²) in [5.41, 5.74) is 0.400. The van der Waals surface area contributed by atoms with Crippen LogP contribution >= 0.6 is 0 Å². The van der Waals surface area contributed by atoms with Crippen LogP contribution in [0.25, 0.3) is 11.4 Å². The van der Waals surface area contributed by atoms with Crippen molar-refractivity contribution in [1.82, 2.24) is 14.8 Å². The number of ether oxygens (including phenoxy) is 1. The van der Waals surface area contributed by atoms with Crippen LogP contribution in [0.2, 0.25) is 0 Å². The first-order valence-corrected chi connectivity index (χ1v) is 20.6. The molecule has 300 valence electrons. The molecule has 7 rings (SSSR count). The van der Waals surface area contributed by atoms with Gasteiger partial charge >= 0.3 is 11.9 Å². The highest BCUT2D eigenvalue weighted by atomic mass is 19.1. The fraction of sp³-hybridized carbons (Fsp3) is 0.711. The number of aliphatic hydroxyl groups is 1. The molecule has 9 atom stereocenters. The topological polar surface area (TPSA) is 132 Å². The fourth-order valence-electron chi connectivity index (χ4n) is 13.5. The third-order valence-corrected chi connectivity index (χ3v) is 16.6. The molecule has 1 heterocycles. The molecule has 0 unspecified atom stereocenters. The van der Waals surface area contributed by atoms with Crippen molar-refractivity contribution in [2.45, 2.75) is 139 Å². The smallest absolute Gasteiger partial charge is 0.309 e. The van der Waals surface area contributed by atoms with Crippen molar-refractivity contribution < 1.29 is 33.7 Å². The van der Waals surface area contributed by atoms with Crippen LogP contribution in [0.15, 0.2) is 35.4 Å². The van der Waals surface area contributed by atoms with Crippen LogP contribution in [0.4, 0.5) is 4.39 Å². The van der Waals surface area contributed by atoms with Crippen molar-refractivity contribution in [2.75, 3.05) is 0 Å². The second-order valence-electron chi connectivity index (χ2n) is 20.4. The third kappa shape index (κ3) is 5.72. The lowest BCUT2D eigenvalue weighted by molar-refractivity contribution is -0.235. The Hall–Kier alpha value is -3.40. The van der Waals surface area contributed by atoms with Gasteiger partial charge in [-0.05, 0) is 141 Å². The summed E-state index contributed by atoms with van der Waals surface area (Å²) < 4.78 is 21.7. The number of carbonyl (C=O) groups is 3. The van der Waals surface area contributed by atoms with Crippen molar-refractivity contribution in [1.29, 1.82) is 0 Å². The van der Waals surface area contributed by atoms with Gasteiger partial charge in [0.05, 0.1) is 11.8 Å². The summed E-state index contributed by atoms with van der Waals surface area (Å²) in [4.78, 5) is 39.1. The van der Waals surface area contributed by atoms with E-state index in [1.165, 1.54) is 12.1 Å². The zero-order valence-corrected chi connectivity index (χ0v) is 34.6. The fourth-order valence-corrected chi connectivity index (χ4v) is 13.5. The molecule has 9 nitrogen and oxygen atoms in total. The number of carboxylic acid groups (broad SMARTS) is 1. The van der Waals surface area contributed by atoms with Crippen LogP contribution in [0, 0.1) is 62.0 Å². The highest BCUT2D eigenvalue weighted by Crippen LogP contribution is 2.77. The second kappa shape index (κ2) is 13.1. The number of allylic oxidation sites excluding steroid dienone is 1. The maximum Gasteiger partial charge on any atom is 0.309 e. The van der Waals surface area contributed by atoms with Crippen LogP contribution < -0.4 is 0 Å². The molecule has 5 aliphatic rings. The minimum atomic E-state index is -1.19. The molecule has 4 saturated carbocycles. The minimum Gasteiger partial charge on any atom is -0.481 e. The second-order valence-corrected chi connectivity index (χ2v) is 20.4. The van der Waals surface area contributed by atoms with Gasteiger partial charge in [-0.2, -0.15) is 0 Å². The normalized spacial score (nSPS) is 36.1. The number of fused-ring (bicyclic) bond motifs is 7. The Labute approximate surface area is 325 Å². The van der Waals surface area contributed by atoms with Crippen molar-refractivity contribution in [2.24, 2.45) is 63.2 Å². The lowest BCUT2D eigenvalue weighted by Gasteiger charge is -2.72. The first kappa shape index (κ1) is 39.8. The van der Waals surface area contributed by atoms with E-state index < -0.39 is 28.9 Å². The highest BCUT2D eigenvalue weighted by molar-refractivity contribution is 6.00. The SMILES string of the molecule is CC(C)C1=C2[C@H]3CC[C@@H]4[C@@]5(C)CC[C@H](OC(=O)CC(C)(C)C(=O)O)C(C)(C)[C@@H]5CC[C@@]4(C)[C@]3(C)CC[C@@]2([C@H](O)c2nnc(-c3ccc(F)cc3)n2C)CC1=O. The molecule has 1 aromatic heterocycles. The van der Waals surface area contributed by atoms with E-state index in [1.54, 1.807) is 30.5 Å². The first-order valence-electron chi connectivity index (χ1n) is 20.6. The molecule has 10 heteroatoms. The summed E-state index contributed by atoms with van der Waals surface area (Å²) in [6, 6.07) is 6.12. The Morgan fingerprint density at radius 2 is 1.62 bits per heavy atom. The van der Waals surface area contributed by atoms with Gasteiger partial charge < -0.3 is 19.5 Å². The molecular weight excluding hydrogens is 698 g/mol. The number of aromatic nitrogens is 3. The summed E-state index contributed by atoms with van der Waals surface area (Å²) >= 11 is 0. The standard InChI is InChI=1S/C45H62FN3O6/c1-25(2)34-29(50)23-45(36(52)38-48-47-37(49(38)10)26-11-13-27(46)14-12-26)22-21-43(8)28(35(34)45)15-16-31-42(7)19-18-32(55-33(51)24-40(3,4)39(53)54)41(5,6)30(42)17-20-44(31,43)9/h11-14,25,28,30-32,36,52H,15-24H2,1-10H3,(H,53,54)/t28-,30+,31-,32+,36-,42+,43-,44-,45-/m1/s1. The largest absolute Gasteiger partial charge is 0.481 e. The van der Waals surface area contributed by atoms with Gasteiger partial charge in [0.1, 0.15) is 18.0 Å². The molecule has 5 aliphatic carbocycles. The van der Waals surface area contributed by atoms with Gasteiger partial charge in [-0.25, -0.2) is 4.39 Å². The van der Waals surface area contributed by atoms with Crippen molar-refractivity contribution in [3.05, 3.63) is 47.1 Å². The Balaban J connectivity index is 1.21. The maximum atomic E-state index is 14.2. The van der Waals surface area contributed by atoms with Crippen molar-refractivity contribution in [3.8, 4) is 11.4 Å². The number of esters is 1. The van der Waals surface area contributed by atoms with Crippen LogP contribution in [-0.4, -0.2) is 48.8 Å². The number of halogens is 1. The number of Topliss-reactive ketones (excluding diaryl/α,β-unsaturated/α-hetero) is 1. The number of nitrogens with zero attached hydrogens (tertiary/aromatic N) is 3. The van der Waals surface area contributed by atoms with E-state index in [1.807, 2.05) is 7.05 Å². The first-order chi connectivity index (χ1) is 25.5. The molecule has 1 aromatic carbocycles.